The van der Waals surface area contributed by atoms with Crippen LogP contribution in [0.1, 0.15) is 17.5 Å². The van der Waals surface area contributed by atoms with Crippen molar-refractivity contribution in [2.45, 2.75) is 24.7 Å². The third kappa shape index (κ3) is 5.65. The van der Waals surface area contributed by atoms with E-state index in [2.05, 4.69) is 10.0 Å². The molecule has 1 amide bonds. The number of hydrogen-bond donors (Lipinski definition) is 2. The maximum absolute atomic E-state index is 13.2. The van der Waals surface area contributed by atoms with Crippen molar-refractivity contribution in [1.82, 2.24) is 0 Å². The normalized spacial score (nSPS) is 11.1. The van der Waals surface area contributed by atoms with Crippen LogP contribution >= 0.6 is 0 Å². The molecule has 7 heteroatoms. The van der Waals surface area contributed by atoms with Crippen LogP contribution < -0.4 is 10.0 Å². The van der Waals surface area contributed by atoms with Crippen LogP contribution in [0.4, 0.5) is 15.8 Å². The van der Waals surface area contributed by atoms with Gasteiger partial charge in [-0.25, -0.2) is 12.8 Å². The molecule has 0 spiro atoms. The number of hydrogen-bond acceptors (Lipinski definition) is 3. The van der Waals surface area contributed by atoms with Crippen molar-refractivity contribution in [1.29, 1.82) is 0 Å². The van der Waals surface area contributed by atoms with Gasteiger partial charge in [0.2, 0.25) is 5.91 Å². The van der Waals surface area contributed by atoms with E-state index in [1.807, 2.05) is 0 Å². The fourth-order valence-corrected chi connectivity index (χ4v) is 3.93. The topological polar surface area (TPSA) is 75.3 Å². The molecule has 0 unspecified atom stereocenters. The molecule has 0 saturated carbocycles. The van der Waals surface area contributed by atoms with Crippen LogP contribution in [-0.4, -0.2) is 14.3 Å². The van der Waals surface area contributed by atoms with Gasteiger partial charge in [0.15, 0.2) is 0 Å². The predicted molar refractivity (Wildman–Crippen MR) is 112 cm³/mol. The van der Waals surface area contributed by atoms with E-state index < -0.39 is 10.0 Å². The molecule has 3 rings (SSSR count). The first kappa shape index (κ1) is 20.5. The summed E-state index contributed by atoms with van der Waals surface area (Å²) in [7, 11) is -3.73. The summed E-state index contributed by atoms with van der Waals surface area (Å²) in [4.78, 5) is 12.4. The lowest BCUT2D eigenvalue weighted by Crippen LogP contribution is -2.15. The van der Waals surface area contributed by atoms with E-state index >= 15 is 0 Å². The Bertz CT molecular complexity index is 1120. The van der Waals surface area contributed by atoms with Crippen LogP contribution in [0.3, 0.4) is 0 Å². The standard InChI is InChI=1S/C22H21FN2O3S/c1-16-10-12-19(24-22(26)13-11-17-6-5-7-18(23)14-17)15-21(16)25-29(27,28)20-8-3-2-4-9-20/h2-10,12,14-15,25H,11,13H2,1H3,(H,24,26). The second-order valence-electron chi connectivity index (χ2n) is 6.63. The smallest absolute Gasteiger partial charge is 0.261 e. The van der Waals surface area contributed by atoms with Crippen LogP contribution in [0, 0.1) is 12.7 Å². The summed E-state index contributed by atoms with van der Waals surface area (Å²) in [5, 5.41) is 2.75. The third-order valence-electron chi connectivity index (χ3n) is 4.35. The first-order valence-electron chi connectivity index (χ1n) is 9.06. The van der Waals surface area contributed by atoms with Crippen LogP contribution in [0.25, 0.3) is 0 Å². The minimum atomic E-state index is -3.73. The molecule has 0 heterocycles. The Morgan fingerprint density at radius 2 is 1.72 bits per heavy atom. The van der Waals surface area contributed by atoms with Gasteiger partial charge >= 0.3 is 0 Å². The lowest BCUT2D eigenvalue weighted by atomic mass is 10.1. The molecule has 0 aliphatic carbocycles. The summed E-state index contributed by atoms with van der Waals surface area (Å²) in [5.41, 5.74) is 2.32. The van der Waals surface area contributed by atoms with Crippen molar-refractivity contribution in [3.05, 3.63) is 89.7 Å². The van der Waals surface area contributed by atoms with Gasteiger partial charge in [-0.3, -0.25) is 9.52 Å². The number of carbonyl (C=O) groups excluding carboxylic acids is 1. The van der Waals surface area contributed by atoms with E-state index in [0.717, 1.165) is 11.1 Å². The van der Waals surface area contributed by atoms with Crippen molar-refractivity contribution < 1.29 is 17.6 Å². The number of amides is 1. The minimum absolute atomic E-state index is 0.156. The van der Waals surface area contributed by atoms with Crippen LogP contribution in [0.15, 0.2) is 77.7 Å². The molecule has 0 aromatic heterocycles. The second-order valence-corrected chi connectivity index (χ2v) is 8.31. The highest BCUT2D eigenvalue weighted by Gasteiger charge is 2.15. The van der Waals surface area contributed by atoms with Gasteiger partial charge < -0.3 is 5.32 Å². The molecule has 150 valence electrons. The molecule has 29 heavy (non-hydrogen) atoms. The fraction of sp³-hybridized carbons (Fsp3) is 0.136. The largest absolute Gasteiger partial charge is 0.326 e. The van der Waals surface area contributed by atoms with Crippen LogP contribution in [0.2, 0.25) is 0 Å². The van der Waals surface area contributed by atoms with Gasteiger partial charge in [-0.15, -0.1) is 0 Å². The highest BCUT2D eigenvalue weighted by atomic mass is 32.2. The molecule has 0 bridgehead atoms. The van der Waals surface area contributed by atoms with Gasteiger partial charge in [0.1, 0.15) is 5.82 Å². The van der Waals surface area contributed by atoms with Gasteiger partial charge in [0.25, 0.3) is 10.0 Å². The Morgan fingerprint density at radius 1 is 0.966 bits per heavy atom. The van der Waals surface area contributed by atoms with Crippen molar-refractivity contribution in [3.8, 4) is 0 Å². The Balaban J connectivity index is 1.68. The Kier molecular flexibility index (Phi) is 6.29. The number of aryl methyl sites for hydroxylation is 2. The molecule has 0 aliphatic rings. The minimum Gasteiger partial charge on any atom is -0.326 e. The summed E-state index contributed by atoms with van der Waals surface area (Å²) >= 11 is 0. The van der Waals surface area contributed by atoms with Gasteiger partial charge in [-0.05, 0) is 60.9 Å². The third-order valence-corrected chi connectivity index (χ3v) is 5.73. The van der Waals surface area contributed by atoms with Crippen LogP contribution in [-0.2, 0) is 21.2 Å². The number of rotatable bonds is 7. The summed E-state index contributed by atoms with van der Waals surface area (Å²) < 4.78 is 40.9. The molecular formula is C22H21FN2O3S. The number of nitrogens with one attached hydrogen (secondary N) is 2. The van der Waals surface area contributed by atoms with E-state index in [1.165, 1.54) is 24.3 Å². The Hall–Kier alpha value is -3.19. The molecular weight excluding hydrogens is 391 g/mol. The zero-order valence-electron chi connectivity index (χ0n) is 15.9. The summed E-state index contributed by atoms with van der Waals surface area (Å²) in [6.07, 6.45) is 0.589. The van der Waals surface area contributed by atoms with Crippen molar-refractivity contribution >= 4 is 27.3 Å². The lowest BCUT2D eigenvalue weighted by Gasteiger charge is -2.13. The number of sulfonamides is 1. The number of benzene rings is 3. The van der Waals surface area contributed by atoms with Crippen LogP contribution in [0.5, 0.6) is 0 Å². The van der Waals surface area contributed by atoms with Gasteiger partial charge in [-0.1, -0.05) is 36.4 Å². The Labute approximate surface area is 169 Å². The number of halogens is 1. The first-order chi connectivity index (χ1) is 13.8. The number of carbonyl (C=O) groups is 1. The predicted octanol–water partition coefficient (Wildman–Crippen LogP) is 4.51. The van der Waals surface area contributed by atoms with E-state index in [1.54, 1.807) is 55.5 Å². The molecule has 5 nitrogen and oxygen atoms in total. The number of anilines is 2. The monoisotopic (exact) mass is 412 g/mol. The molecule has 3 aromatic carbocycles. The van der Waals surface area contributed by atoms with Gasteiger partial charge in [0.05, 0.1) is 10.6 Å². The zero-order chi connectivity index (χ0) is 20.9. The van der Waals surface area contributed by atoms with E-state index in [0.29, 0.717) is 17.8 Å². The van der Waals surface area contributed by atoms with E-state index in [9.17, 15) is 17.6 Å². The quantitative estimate of drug-likeness (QED) is 0.600. The molecule has 0 fully saturated rings. The summed E-state index contributed by atoms with van der Waals surface area (Å²) in [5.74, 6) is -0.577. The van der Waals surface area contributed by atoms with Gasteiger partial charge in [-0.2, -0.15) is 0 Å². The maximum Gasteiger partial charge on any atom is 0.261 e. The maximum atomic E-state index is 13.2. The molecule has 0 atom stereocenters. The zero-order valence-corrected chi connectivity index (χ0v) is 16.7. The van der Waals surface area contributed by atoms with Crippen molar-refractivity contribution in [3.63, 3.8) is 0 Å². The van der Waals surface area contributed by atoms with Gasteiger partial charge in [0, 0.05) is 12.1 Å². The second kappa shape index (κ2) is 8.87. The SMILES string of the molecule is Cc1ccc(NC(=O)CCc2cccc(F)c2)cc1NS(=O)(=O)c1ccccc1. The average Bonchev–Trinajstić information content (AvgIpc) is 2.69. The van der Waals surface area contributed by atoms with Crippen molar-refractivity contribution in [2.75, 3.05) is 10.0 Å². The van der Waals surface area contributed by atoms with E-state index in [-0.39, 0.29) is 23.0 Å². The highest BCUT2D eigenvalue weighted by molar-refractivity contribution is 7.92. The Morgan fingerprint density at radius 3 is 2.45 bits per heavy atom. The summed E-state index contributed by atoms with van der Waals surface area (Å²) in [6, 6.07) is 19.2. The first-order valence-corrected chi connectivity index (χ1v) is 10.5. The molecule has 3 aromatic rings. The molecule has 0 radical (unpaired) electrons. The summed E-state index contributed by atoms with van der Waals surface area (Å²) in [6.45, 7) is 1.78. The molecule has 2 N–H and O–H groups in total. The molecule has 0 aliphatic heterocycles. The van der Waals surface area contributed by atoms with Crippen molar-refractivity contribution in [2.24, 2.45) is 0 Å². The molecule has 0 saturated heterocycles. The lowest BCUT2D eigenvalue weighted by molar-refractivity contribution is -0.116. The van der Waals surface area contributed by atoms with E-state index in [4.69, 9.17) is 0 Å². The average molecular weight is 412 g/mol. The highest BCUT2D eigenvalue weighted by Crippen LogP contribution is 2.24. The fourth-order valence-electron chi connectivity index (χ4n) is 2.79.